The van der Waals surface area contributed by atoms with Crippen LogP contribution in [0.3, 0.4) is 0 Å². The fourth-order valence-electron chi connectivity index (χ4n) is 2.09. The van der Waals surface area contributed by atoms with Gasteiger partial charge in [-0.25, -0.2) is 14.3 Å². The summed E-state index contributed by atoms with van der Waals surface area (Å²) in [5.41, 5.74) is 2.57. The zero-order valence-electron chi connectivity index (χ0n) is 12.3. The van der Waals surface area contributed by atoms with E-state index in [1.54, 1.807) is 12.1 Å². The van der Waals surface area contributed by atoms with Crippen molar-refractivity contribution >= 4 is 23.3 Å². The maximum absolute atomic E-state index is 12.2. The lowest BCUT2D eigenvalue weighted by Gasteiger charge is -2.04. The number of esters is 1. The van der Waals surface area contributed by atoms with E-state index in [2.05, 4.69) is 15.1 Å². The number of halogens is 1. The Morgan fingerprint density at radius 2 is 1.95 bits per heavy atom. The topological polar surface area (TPSA) is 69.4 Å². The normalized spacial score (nSPS) is 10.9. The van der Waals surface area contributed by atoms with Crippen LogP contribution < -0.4 is 4.74 Å². The Morgan fingerprint density at radius 1 is 1.18 bits per heavy atom. The summed E-state index contributed by atoms with van der Waals surface area (Å²) in [4.78, 5) is 20.5. The molecule has 0 fully saturated rings. The van der Waals surface area contributed by atoms with Gasteiger partial charge in [0, 0.05) is 11.4 Å². The Morgan fingerprint density at radius 3 is 2.73 bits per heavy atom. The predicted octanol–water partition coefficient (Wildman–Crippen LogP) is 2.92. The number of aromatic nitrogens is 4. The molecule has 2 heterocycles. The van der Waals surface area contributed by atoms with E-state index >= 15 is 0 Å². The van der Waals surface area contributed by atoms with E-state index in [0.717, 1.165) is 17.0 Å². The summed E-state index contributed by atoms with van der Waals surface area (Å²) in [6.45, 7) is 5.60. The monoisotopic (exact) mass is 316 g/mol. The molecule has 3 aromatic rings. The molecule has 0 aliphatic rings. The van der Waals surface area contributed by atoms with Gasteiger partial charge in [0.05, 0.1) is 5.02 Å². The standard InChI is InChI=1S/C15H13ClN4O2/c1-8-4-5-11(16)12(6-8)22-14(21)13-18-15-17-9(2)7-10(3)20(15)19-13/h4-7H,1-3H3. The number of fused-ring (bicyclic) bond motifs is 1. The van der Waals surface area contributed by atoms with Crippen molar-refractivity contribution in [2.75, 3.05) is 0 Å². The van der Waals surface area contributed by atoms with Gasteiger partial charge in [-0.3, -0.25) is 0 Å². The molecule has 0 radical (unpaired) electrons. The van der Waals surface area contributed by atoms with Crippen LogP contribution in [-0.2, 0) is 0 Å². The van der Waals surface area contributed by atoms with Crippen LogP contribution in [0.4, 0.5) is 0 Å². The van der Waals surface area contributed by atoms with E-state index in [9.17, 15) is 4.79 Å². The van der Waals surface area contributed by atoms with Crippen LogP contribution in [0, 0.1) is 20.8 Å². The molecule has 22 heavy (non-hydrogen) atoms. The van der Waals surface area contributed by atoms with E-state index in [1.807, 2.05) is 32.9 Å². The van der Waals surface area contributed by atoms with E-state index in [-0.39, 0.29) is 11.6 Å². The van der Waals surface area contributed by atoms with Gasteiger partial charge >= 0.3 is 5.97 Å². The van der Waals surface area contributed by atoms with Gasteiger partial charge in [0.25, 0.3) is 11.6 Å². The molecule has 0 aliphatic carbocycles. The van der Waals surface area contributed by atoms with Gasteiger partial charge in [-0.15, -0.1) is 5.10 Å². The molecule has 0 atom stereocenters. The minimum absolute atomic E-state index is 0.0567. The zero-order chi connectivity index (χ0) is 15.9. The minimum atomic E-state index is -0.671. The second kappa shape index (κ2) is 5.38. The molecule has 7 heteroatoms. The summed E-state index contributed by atoms with van der Waals surface area (Å²) in [7, 11) is 0. The Kier molecular flexibility index (Phi) is 3.54. The highest BCUT2D eigenvalue weighted by Crippen LogP contribution is 2.25. The Hall–Kier alpha value is -2.47. The number of carbonyl (C=O) groups excluding carboxylic acids is 1. The second-order valence-electron chi connectivity index (χ2n) is 5.01. The van der Waals surface area contributed by atoms with Gasteiger partial charge in [0.1, 0.15) is 5.75 Å². The third-order valence-electron chi connectivity index (χ3n) is 3.09. The molecule has 0 aliphatic heterocycles. The molecule has 112 valence electrons. The van der Waals surface area contributed by atoms with Gasteiger partial charge < -0.3 is 4.74 Å². The zero-order valence-corrected chi connectivity index (χ0v) is 13.0. The molecule has 0 saturated carbocycles. The lowest BCUT2D eigenvalue weighted by molar-refractivity contribution is 0.0722. The van der Waals surface area contributed by atoms with E-state index in [1.165, 1.54) is 4.52 Å². The molecule has 0 unspecified atom stereocenters. The van der Waals surface area contributed by atoms with Crippen LogP contribution >= 0.6 is 11.6 Å². The highest BCUT2D eigenvalue weighted by Gasteiger charge is 2.18. The smallest absolute Gasteiger partial charge is 0.383 e. The minimum Gasteiger partial charge on any atom is -0.419 e. The number of benzene rings is 1. The lowest BCUT2D eigenvalue weighted by atomic mass is 10.2. The second-order valence-corrected chi connectivity index (χ2v) is 5.42. The average molecular weight is 317 g/mol. The first-order chi connectivity index (χ1) is 10.4. The molecule has 0 spiro atoms. The predicted molar refractivity (Wildman–Crippen MR) is 81.4 cm³/mol. The van der Waals surface area contributed by atoms with Gasteiger partial charge in [-0.05, 0) is 44.5 Å². The largest absolute Gasteiger partial charge is 0.419 e. The van der Waals surface area contributed by atoms with Crippen LogP contribution in [-0.4, -0.2) is 25.6 Å². The maximum Gasteiger partial charge on any atom is 0.383 e. The van der Waals surface area contributed by atoms with Crippen LogP contribution in [0.1, 0.15) is 27.6 Å². The van der Waals surface area contributed by atoms with Crippen molar-refractivity contribution in [1.29, 1.82) is 0 Å². The Balaban J connectivity index is 1.95. The molecular formula is C15H13ClN4O2. The van der Waals surface area contributed by atoms with Crippen molar-refractivity contribution in [3.8, 4) is 5.75 Å². The van der Waals surface area contributed by atoms with E-state index in [0.29, 0.717) is 10.8 Å². The quantitative estimate of drug-likeness (QED) is 0.537. The molecule has 0 N–H and O–H groups in total. The summed E-state index contributed by atoms with van der Waals surface area (Å²) in [5.74, 6) is -0.0833. The van der Waals surface area contributed by atoms with Gasteiger partial charge in [-0.1, -0.05) is 17.7 Å². The molecule has 6 nitrogen and oxygen atoms in total. The lowest BCUT2D eigenvalue weighted by Crippen LogP contribution is -2.11. The van der Waals surface area contributed by atoms with Crippen molar-refractivity contribution in [2.45, 2.75) is 20.8 Å². The average Bonchev–Trinajstić information content (AvgIpc) is 2.87. The van der Waals surface area contributed by atoms with Gasteiger partial charge in [0.2, 0.25) is 0 Å². The fourth-order valence-corrected chi connectivity index (χ4v) is 2.24. The molecule has 0 amide bonds. The summed E-state index contributed by atoms with van der Waals surface area (Å²) < 4.78 is 6.78. The number of nitrogens with zero attached hydrogens (tertiary/aromatic N) is 4. The van der Waals surface area contributed by atoms with Crippen LogP contribution in [0.25, 0.3) is 5.78 Å². The van der Waals surface area contributed by atoms with E-state index < -0.39 is 5.97 Å². The van der Waals surface area contributed by atoms with Crippen molar-refractivity contribution in [3.05, 3.63) is 52.1 Å². The maximum atomic E-state index is 12.2. The van der Waals surface area contributed by atoms with Crippen molar-refractivity contribution < 1.29 is 9.53 Å². The molecule has 2 aromatic heterocycles. The number of hydrogen-bond acceptors (Lipinski definition) is 5. The molecular weight excluding hydrogens is 304 g/mol. The Labute approximate surface area is 131 Å². The fraction of sp³-hybridized carbons (Fsp3) is 0.200. The number of ether oxygens (including phenoxy) is 1. The molecule has 0 bridgehead atoms. The van der Waals surface area contributed by atoms with Crippen molar-refractivity contribution in [2.24, 2.45) is 0 Å². The van der Waals surface area contributed by atoms with E-state index in [4.69, 9.17) is 16.3 Å². The first-order valence-electron chi connectivity index (χ1n) is 6.63. The number of rotatable bonds is 2. The SMILES string of the molecule is Cc1ccc(Cl)c(OC(=O)c2nc3nc(C)cc(C)n3n2)c1. The molecule has 0 saturated heterocycles. The van der Waals surface area contributed by atoms with Crippen LogP contribution in [0.15, 0.2) is 24.3 Å². The van der Waals surface area contributed by atoms with Gasteiger partial charge in [-0.2, -0.15) is 4.98 Å². The number of aryl methyl sites for hydroxylation is 3. The highest BCUT2D eigenvalue weighted by molar-refractivity contribution is 6.32. The first kappa shape index (κ1) is 14.5. The van der Waals surface area contributed by atoms with Crippen LogP contribution in [0.5, 0.6) is 5.75 Å². The van der Waals surface area contributed by atoms with Gasteiger partial charge in [0.15, 0.2) is 0 Å². The summed E-state index contributed by atoms with van der Waals surface area (Å²) in [6, 6.07) is 7.04. The third kappa shape index (κ3) is 2.65. The molecule has 3 rings (SSSR count). The summed E-state index contributed by atoms with van der Waals surface area (Å²) >= 11 is 6.02. The number of hydrogen-bond donors (Lipinski definition) is 0. The first-order valence-corrected chi connectivity index (χ1v) is 7.01. The van der Waals surface area contributed by atoms with Crippen molar-refractivity contribution in [3.63, 3.8) is 0 Å². The van der Waals surface area contributed by atoms with Crippen LogP contribution in [0.2, 0.25) is 5.02 Å². The Bertz CT molecular complexity index is 889. The number of carbonyl (C=O) groups is 1. The summed E-state index contributed by atoms with van der Waals surface area (Å²) in [5, 5.41) is 4.48. The molecule has 1 aromatic carbocycles. The third-order valence-corrected chi connectivity index (χ3v) is 3.40. The highest BCUT2D eigenvalue weighted by atomic mass is 35.5. The summed E-state index contributed by atoms with van der Waals surface area (Å²) in [6.07, 6.45) is 0. The van der Waals surface area contributed by atoms with Crippen molar-refractivity contribution in [1.82, 2.24) is 19.6 Å².